The molecule has 0 amide bonds. The molecule has 0 heterocycles. The van der Waals surface area contributed by atoms with Gasteiger partial charge in [-0.2, -0.15) is 0 Å². The van der Waals surface area contributed by atoms with Gasteiger partial charge in [0.2, 0.25) is 0 Å². The Morgan fingerprint density at radius 3 is 0.667 bits per heavy atom. The van der Waals surface area contributed by atoms with Crippen LogP contribution in [0, 0.1) is 0 Å². The van der Waals surface area contributed by atoms with Crippen molar-refractivity contribution in [3.05, 3.63) is 194 Å². The molecule has 0 aliphatic carbocycles. The molecule has 0 unspecified atom stereocenters. The Labute approximate surface area is 284 Å². The van der Waals surface area contributed by atoms with E-state index in [0.29, 0.717) is 0 Å². The van der Waals surface area contributed by atoms with Gasteiger partial charge >= 0.3 is 0 Å². The van der Waals surface area contributed by atoms with Crippen LogP contribution in [-0.2, 0) is 0 Å². The van der Waals surface area contributed by atoms with Crippen LogP contribution in [0.5, 0.6) is 0 Å². The maximum atomic E-state index is 3.54. The predicted molar refractivity (Wildman–Crippen MR) is 207 cm³/mol. The lowest BCUT2D eigenvalue weighted by Crippen LogP contribution is -2.09. The molecule has 4 heteroatoms. The van der Waals surface area contributed by atoms with E-state index in [1.165, 1.54) is 0 Å². The lowest BCUT2D eigenvalue weighted by molar-refractivity contribution is 1.28. The molecule has 0 saturated heterocycles. The monoisotopic (exact) mass is 624 g/mol. The molecular formula is C44H40N4. The van der Waals surface area contributed by atoms with Crippen LogP contribution in [0.15, 0.2) is 194 Å². The summed E-state index contributed by atoms with van der Waals surface area (Å²) in [6.45, 7) is 4.00. The number of anilines is 10. The Morgan fingerprint density at radius 1 is 0.250 bits per heavy atom. The summed E-state index contributed by atoms with van der Waals surface area (Å²) in [5.41, 5.74) is 10.8. The minimum absolute atomic E-state index is 1.03. The van der Waals surface area contributed by atoms with E-state index in [1.807, 2.05) is 38.1 Å². The van der Waals surface area contributed by atoms with Crippen molar-refractivity contribution in [2.45, 2.75) is 13.8 Å². The first-order valence-electron chi connectivity index (χ1n) is 16.4. The first kappa shape index (κ1) is 31.7. The molecular weight excluding hydrogens is 585 g/mol. The van der Waals surface area contributed by atoms with Crippen LogP contribution in [0.2, 0.25) is 0 Å². The molecule has 7 rings (SSSR count). The van der Waals surface area contributed by atoms with Gasteiger partial charge < -0.3 is 20.4 Å². The third kappa shape index (κ3) is 7.75. The SMILES string of the molecule is CC.c1ccc(N(c2ccccc2)c2ccc(Nc3ccc(Nc4ccc(N(c5ccccc5)c5ccccc5)cc4)cc3)cc2)cc1. The van der Waals surface area contributed by atoms with E-state index in [-0.39, 0.29) is 0 Å². The molecule has 0 atom stereocenters. The number of para-hydroxylation sites is 4. The van der Waals surface area contributed by atoms with Crippen LogP contribution in [0.4, 0.5) is 56.9 Å². The van der Waals surface area contributed by atoms with Gasteiger partial charge in [-0.15, -0.1) is 0 Å². The van der Waals surface area contributed by atoms with Gasteiger partial charge in [0.05, 0.1) is 0 Å². The van der Waals surface area contributed by atoms with Gasteiger partial charge in [-0.3, -0.25) is 0 Å². The van der Waals surface area contributed by atoms with Crippen LogP contribution >= 0.6 is 0 Å². The number of nitrogens with zero attached hydrogens (tertiary/aromatic N) is 2. The quantitative estimate of drug-likeness (QED) is 0.158. The van der Waals surface area contributed by atoms with Gasteiger partial charge in [0, 0.05) is 56.9 Å². The number of rotatable bonds is 10. The summed E-state index contributed by atoms with van der Waals surface area (Å²) in [4.78, 5) is 4.52. The largest absolute Gasteiger partial charge is 0.356 e. The first-order chi connectivity index (χ1) is 23.8. The maximum absolute atomic E-state index is 3.54. The van der Waals surface area contributed by atoms with Gasteiger partial charge in [-0.05, 0) is 121 Å². The van der Waals surface area contributed by atoms with Crippen molar-refractivity contribution in [1.29, 1.82) is 0 Å². The molecule has 0 radical (unpaired) electrons. The van der Waals surface area contributed by atoms with E-state index in [9.17, 15) is 0 Å². The lowest BCUT2D eigenvalue weighted by Gasteiger charge is -2.25. The lowest BCUT2D eigenvalue weighted by atomic mass is 10.1. The van der Waals surface area contributed by atoms with E-state index in [0.717, 1.165) is 56.9 Å². The normalized spacial score (nSPS) is 10.3. The van der Waals surface area contributed by atoms with E-state index in [4.69, 9.17) is 0 Å². The summed E-state index contributed by atoms with van der Waals surface area (Å²) in [7, 11) is 0. The second kappa shape index (κ2) is 15.8. The summed E-state index contributed by atoms with van der Waals surface area (Å²) in [6, 6.07) is 67.3. The maximum Gasteiger partial charge on any atom is 0.0463 e. The zero-order chi connectivity index (χ0) is 33.0. The third-order valence-electron chi connectivity index (χ3n) is 7.77. The highest BCUT2D eigenvalue weighted by molar-refractivity contribution is 5.79. The highest BCUT2D eigenvalue weighted by Crippen LogP contribution is 2.36. The van der Waals surface area contributed by atoms with Gasteiger partial charge in [-0.25, -0.2) is 0 Å². The molecule has 48 heavy (non-hydrogen) atoms. The van der Waals surface area contributed by atoms with E-state index in [1.54, 1.807) is 0 Å². The fourth-order valence-electron chi connectivity index (χ4n) is 5.56. The van der Waals surface area contributed by atoms with E-state index < -0.39 is 0 Å². The molecule has 0 fully saturated rings. The van der Waals surface area contributed by atoms with Crippen LogP contribution < -0.4 is 20.4 Å². The molecule has 2 N–H and O–H groups in total. The number of hydrogen-bond acceptors (Lipinski definition) is 4. The minimum atomic E-state index is 1.03. The van der Waals surface area contributed by atoms with Crippen molar-refractivity contribution in [2.24, 2.45) is 0 Å². The molecule has 0 bridgehead atoms. The standard InChI is InChI=1S/C42H34N4.C2H6/c1-5-13-37(14-6-1)45(38-15-7-2-8-16-38)41-29-25-35(26-30-41)43-33-21-23-34(24-22-33)44-36-27-31-42(32-28-36)46(39-17-9-3-10-18-39)40-19-11-4-12-20-40;1-2/h1-32,43-44H;1-2H3. The number of hydrogen-bond donors (Lipinski definition) is 2. The van der Waals surface area contributed by atoms with Crippen LogP contribution in [0.3, 0.4) is 0 Å². The van der Waals surface area contributed by atoms with Crippen LogP contribution in [0.25, 0.3) is 0 Å². The van der Waals surface area contributed by atoms with Gasteiger partial charge in [-0.1, -0.05) is 86.6 Å². The second-order valence-corrected chi connectivity index (χ2v) is 10.9. The zero-order valence-electron chi connectivity index (χ0n) is 27.4. The molecule has 0 aliphatic rings. The predicted octanol–water partition coefficient (Wildman–Crippen LogP) is 13.1. The summed E-state index contributed by atoms with van der Waals surface area (Å²) >= 11 is 0. The van der Waals surface area contributed by atoms with E-state index in [2.05, 4.69) is 190 Å². The Kier molecular flexibility index (Phi) is 10.5. The number of nitrogens with one attached hydrogen (secondary N) is 2. The van der Waals surface area contributed by atoms with Crippen LogP contribution in [0.1, 0.15) is 13.8 Å². The molecule has 7 aromatic rings. The molecule has 0 aliphatic heterocycles. The summed E-state index contributed by atoms with van der Waals surface area (Å²) in [5.74, 6) is 0. The Morgan fingerprint density at radius 2 is 0.438 bits per heavy atom. The van der Waals surface area contributed by atoms with Gasteiger partial charge in [0.1, 0.15) is 0 Å². The van der Waals surface area contributed by atoms with Crippen molar-refractivity contribution in [1.82, 2.24) is 0 Å². The molecule has 0 saturated carbocycles. The summed E-state index contributed by atoms with van der Waals surface area (Å²) in [6.07, 6.45) is 0. The fourth-order valence-corrected chi connectivity index (χ4v) is 5.56. The Hall–Kier alpha value is -6.26. The Balaban J connectivity index is 0.00000197. The average molecular weight is 625 g/mol. The van der Waals surface area contributed by atoms with Crippen molar-refractivity contribution in [3.8, 4) is 0 Å². The smallest absolute Gasteiger partial charge is 0.0463 e. The topological polar surface area (TPSA) is 30.5 Å². The number of benzene rings is 7. The highest BCUT2D eigenvalue weighted by atomic mass is 15.1. The molecule has 7 aromatic carbocycles. The fraction of sp³-hybridized carbons (Fsp3) is 0.0455. The second-order valence-electron chi connectivity index (χ2n) is 10.9. The average Bonchev–Trinajstić information content (AvgIpc) is 3.17. The molecule has 236 valence electrons. The van der Waals surface area contributed by atoms with Gasteiger partial charge in [0.25, 0.3) is 0 Å². The molecule has 0 aromatic heterocycles. The van der Waals surface area contributed by atoms with E-state index >= 15 is 0 Å². The minimum Gasteiger partial charge on any atom is -0.356 e. The van der Waals surface area contributed by atoms with Crippen molar-refractivity contribution < 1.29 is 0 Å². The van der Waals surface area contributed by atoms with Crippen molar-refractivity contribution >= 4 is 56.9 Å². The summed E-state index contributed by atoms with van der Waals surface area (Å²) in [5, 5.41) is 7.08. The zero-order valence-corrected chi connectivity index (χ0v) is 27.4. The third-order valence-corrected chi connectivity index (χ3v) is 7.77. The molecule has 4 nitrogen and oxygen atoms in total. The molecule has 0 spiro atoms. The van der Waals surface area contributed by atoms with Gasteiger partial charge in [0.15, 0.2) is 0 Å². The first-order valence-corrected chi connectivity index (χ1v) is 16.4. The Bertz CT molecular complexity index is 1720. The highest BCUT2D eigenvalue weighted by Gasteiger charge is 2.13. The van der Waals surface area contributed by atoms with Crippen molar-refractivity contribution in [3.63, 3.8) is 0 Å². The summed E-state index contributed by atoms with van der Waals surface area (Å²) < 4.78 is 0. The van der Waals surface area contributed by atoms with Crippen molar-refractivity contribution in [2.75, 3.05) is 20.4 Å². The van der Waals surface area contributed by atoms with Crippen LogP contribution in [-0.4, -0.2) is 0 Å².